The Balaban J connectivity index is 1.85. The molecule has 0 radical (unpaired) electrons. The van der Waals surface area contributed by atoms with E-state index in [1.54, 1.807) is 0 Å². The quantitative estimate of drug-likeness (QED) is 0.800. The molecule has 1 aromatic heterocycles. The van der Waals surface area contributed by atoms with E-state index in [1.165, 1.54) is 18.4 Å². The van der Waals surface area contributed by atoms with Gasteiger partial charge < -0.3 is 5.11 Å². The number of aliphatic hydroxyl groups excluding tert-OH is 1. The summed E-state index contributed by atoms with van der Waals surface area (Å²) < 4.78 is 0. The van der Waals surface area contributed by atoms with Crippen LogP contribution in [0.5, 0.6) is 0 Å². The Morgan fingerprint density at radius 3 is 2.80 bits per heavy atom. The predicted octanol–water partition coefficient (Wildman–Crippen LogP) is 2.35. The smallest absolute Gasteiger partial charge is 0.0598 e. The standard InChI is InChI=1S/C13H19NO/c1-2-10-5-6-12(14-9-10)8-13(15)7-11-3-4-11/h5-6,9,11,13,15H,2-4,7-8H2,1H3. The van der Waals surface area contributed by atoms with Gasteiger partial charge in [-0.05, 0) is 30.4 Å². The average molecular weight is 205 g/mol. The normalized spacial score (nSPS) is 17.7. The molecule has 1 unspecified atom stereocenters. The van der Waals surface area contributed by atoms with Crippen LogP contribution in [0.3, 0.4) is 0 Å². The number of aliphatic hydroxyl groups is 1. The van der Waals surface area contributed by atoms with E-state index in [9.17, 15) is 5.11 Å². The molecule has 1 heterocycles. The fraction of sp³-hybridized carbons (Fsp3) is 0.615. The van der Waals surface area contributed by atoms with E-state index in [2.05, 4.69) is 18.0 Å². The monoisotopic (exact) mass is 205 g/mol. The molecule has 15 heavy (non-hydrogen) atoms. The van der Waals surface area contributed by atoms with Gasteiger partial charge in [0.1, 0.15) is 0 Å². The minimum absolute atomic E-state index is 0.197. The highest BCUT2D eigenvalue weighted by Gasteiger charge is 2.24. The van der Waals surface area contributed by atoms with E-state index in [1.807, 2.05) is 12.3 Å². The maximum Gasteiger partial charge on any atom is 0.0598 e. The number of hydrogen-bond donors (Lipinski definition) is 1. The zero-order chi connectivity index (χ0) is 10.7. The van der Waals surface area contributed by atoms with Gasteiger partial charge >= 0.3 is 0 Å². The van der Waals surface area contributed by atoms with E-state index in [-0.39, 0.29) is 6.10 Å². The molecule has 2 nitrogen and oxygen atoms in total. The van der Waals surface area contributed by atoms with Crippen LogP contribution in [-0.4, -0.2) is 16.2 Å². The molecule has 0 aliphatic heterocycles. The highest BCUT2D eigenvalue weighted by Crippen LogP contribution is 2.33. The van der Waals surface area contributed by atoms with Gasteiger partial charge in [0.25, 0.3) is 0 Å². The Kier molecular flexibility index (Phi) is 3.37. The van der Waals surface area contributed by atoms with Gasteiger partial charge in [-0.25, -0.2) is 0 Å². The van der Waals surface area contributed by atoms with Crippen molar-refractivity contribution in [3.63, 3.8) is 0 Å². The van der Waals surface area contributed by atoms with Gasteiger partial charge in [-0.2, -0.15) is 0 Å². The molecule has 82 valence electrons. The van der Waals surface area contributed by atoms with Crippen LogP contribution < -0.4 is 0 Å². The molecule has 0 amide bonds. The number of pyridine rings is 1. The summed E-state index contributed by atoms with van der Waals surface area (Å²) >= 11 is 0. The molecule has 0 spiro atoms. The van der Waals surface area contributed by atoms with Crippen molar-refractivity contribution in [2.45, 2.75) is 45.1 Å². The molecular weight excluding hydrogens is 186 g/mol. The fourth-order valence-electron chi connectivity index (χ4n) is 1.85. The highest BCUT2D eigenvalue weighted by molar-refractivity contribution is 5.14. The largest absolute Gasteiger partial charge is 0.393 e. The first-order valence-corrected chi connectivity index (χ1v) is 5.89. The SMILES string of the molecule is CCc1ccc(CC(O)CC2CC2)nc1. The molecule has 0 bridgehead atoms. The number of aromatic nitrogens is 1. The van der Waals surface area contributed by atoms with Crippen LogP contribution in [-0.2, 0) is 12.8 Å². The Morgan fingerprint density at radius 2 is 2.27 bits per heavy atom. The maximum absolute atomic E-state index is 9.80. The maximum atomic E-state index is 9.80. The van der Waals surface area contributed by atoms with Gasteiger partial charge in [-0.15, -0.1) is 0 Å². The van der Waals surface area contributed by atoms with E-state index >= 15 is 0 Å². The van der Waals surface area contributed by atoms with Gasteiger partial charge in [0.2, 0.25) is 0 Å². The Bertz CT molecular complexity index is 303. The summed E-state index contributed by atoms with van der Waals surface area (Å²) in [5.41, 5.74) is 2.27. The van der Waals surface area contributed by atoms with Crippen LogP contribution in [0.15, 0.2) is 18.3 Å². The zero-order valence-corrected chi connectivity index (χ0v) is 9.32. The first kappa shape index (κ1) is 10.6. The molecule has 1 aliphatic carbocycles. The van der Waals surface area contributed by atoms with Crippen molar-refractivity contribution in [3.8, 4) is 0 Å². The third-order valence-corrected chi connectivity index (χ3v) is 3.04. The minimum Gasteiger partial charge on any atom is -0.393 e. The molecule has 2 rings (SSSR count). The summed E-state index contributed by atoms with van der Waals surface area (Å²) in [6, 6.07) is 4.14. The topological polar surface area (TPSA) is 33.1 Å². The van der Waals surface area contributed by atoms with Crippen LogP contribution >= 0.6 is 0 Å². The van der Waals surface area contributed by atoms with E-state index < -0.39 is 0 Å². The number of nitrogens with zero attached hydrogens (tertiary/aromatic N) is 1. The molecule has 0 saturated heterocycles. The van der Waals surface area contributed by atoms with Crippen molar-refractivity contribution in [2.75, 3.05) is 0 Å². The van der Waals surface area contributed by atoms with Crippen LogP contribution in [0.25, 0.3) is 0 Å². The van der Waals surface area contributed by atoms with Crippen molar-refractivity contribution < 1.29 is 5.11 Å². The summed E-state index contributed by atoms with van der Waals surface area (Å²) in [5, 5.41) is 9.80. The number of aryl methyl sites for hydroxylation is 1. The molecule has 1 N–H and O–H groups in total. The van der Waals surface area contributed by atoms with Crippen molar-refractivity contribution in [2.24, 2.45) is 5.92 Å². The van der Waals surface area contributed by atoms with Crippen molar-refractivity contribution in [1.82, 2.24) is 4.98 Å². The summed E-state index contributed by atoms with van der Waals surface area (Å²) in [6.45, 7) is 2.12. The number of hydrogen-bond acceptors (Lipinski definition) is 2. The van der Waals surface area contributed by atoms with Crippen molar-refractivity contribution >= 4 is 0 Å². The zero-order valence-electron chi connectivity index (χ0n) is 9.32. The first-order chi connectivity index (χ1) is 7.28. The molecular formula is C13H19NO. The van der Waals surface area contributed by atoms with Gasteiger partial charge in [0, 0.05) is 18.3 Å². The van der Waals surface area contributed by atoms with Crippen molar-refractivity contribution in [3.05, 3.63) is 29.6 Å². The van der Waals surface area contributed by atoms with Crippen LogP contribution in [0.4, 0.5) is 0 Å². The molecule has 1 aromatic rings. The molecule has 1 atom stereocenters. The van der Waals surface area contributed by atoms with E-state index in [0.29, 0.717) is 6.42 Å². The van der Waals surface area contributed by atoms with Crippen LogP contribution in [0.2, 0.25) is 0 Å². The molecule has 0 aromatic carbocycles. The Hall–Kier alpha value is -0.890. The third-order valence-electron chi connectivity index (χ3n) is 3.04. The van der Waals surface area contributed by atoms with Crippen molar-refractivity contribution in [1.29, 1.82) is 0 Å². The minimum atomic E-state index is -0.197. The third kappa shape index (κ3) is 3.31. The van der Waals surface area contributed by atoms with E-state index in [0.717, 1.165) is 24.5 Å². The number of rotatable bonds is 5. The lowest BCUT2D eigenvalue weighted by Gasteiger charge is -2.09. The lowest BCUT2D eigenvalue weighted by Crippen LogP contribution is -2.12. The highest BCUT2D eigenvalue weighted by atomic mass is 16.3. The second kappa shape index (κ2) is 4.75. The molecule has 2 heteroatoms. The fourth-order valence-corrected chi connectivity index (χ4v) is 1.85. The average Bonchev–Trinajstić information content (AvgIpc) is 3.03. The van der Waals surface area contributed by atoms with Gasteiger partial charge in [-0.3, -0.25) is 4.98 Å². The second-order valence-electron chi connectivity index (χ2n) is 4.55. The summed E-state index contributed by atoms with van der Waals surface area (Å²) in [5.74, 6) is 0.787. The van der Waals surface area contributed by atoms with E-state index in [4.69, 9.17) is 0 Å². The predicted molar refractivity (Wildman–Crippen MR) is 60.7 cm³/mol. The van der Waals surface area contributed by atoms with Crippen LogP contribution in [0, 0.1) is 5.92 Å². The molecule has 1 saturated carbocycles. The summed E-state index contributed by atoms with van der Waals surface area (Å²) in [6.07, 6.45) is 7.02. The van der Waals surface area contributed by atoms with Gasteiger partial charge in [-0.1, -0.05) is 25.8 Å². The van der Waals surface area contributed by atoms with Gasteiger partial charge in [0.15, 0.2) is 0 Å². The van der Waals surface area contributed by atoms with Gasteiger partial charge in [0.05, 0.1) is 6.10 Å². The lowest BCUT2D eigenvalue weighted by molar-refractivity contribution is 0.157. The molecule has 1 fully saturated rings. The Morgan fingerprint density at radius 1 is 1.47 bits per heavy atom. The summed E-state index contributed by atoms with van der Waals surface area (Å²) in [4.78, 5) is 4.36. The lowest BCUT2D eigenvalue weighted by atomic mass is 10.1. The molecule has 1 aliphatic rings. The van der Waals surface area contributed by atoms with Crippen LogP contribution in [0.1, 0.15) is 37.4 Å². The Labute approximate surface area is 91.4 Å². The summed E-state index contributed by atoms with van der Waals surface area (Å²) in [7, 11) is 0. The first-order valence-electron chi connectivity index (χ1n) is 5.89. The second-order valence-corrected chi connectivity index (χ2v) is 4.55.